The Balaban J connectivity index is 1.76. The molecule has 1 amide bonds. The number of nitrogens with zero attached hydrogens (tertiary/aromatic N) is 3. The summed E-state index contributed by atoms with van der Waals surface area (Å²) in [5.74, 6) is -5.10. The van der Waals surface area contributed by atoms with Crippen molar-refractivity contribution in [1.29, 1.82) is 0 Å². The average Bonchev–Trinajstić information content (AvgIpc) is 2.85. The fourth-order valence-electron chi connectivity index (χ4n) is 4.34. The first-order chi connectivity index (χ1) is 19.3. The molecule has 0 bridgehead atoms. The van der Waals surface area contributed by atoms with Crippen LogP contribution >= 0.6 is 0 Å². The van der Waals surface area contributed by atoms with Crippen LogP contribution < -0.4 is 20.3 Å². The van der Waals surface area contributed by atoms with Gasteiger partial charge in [-0.2, -0.15) is 39.5 Å². The van der Waals surface area contributed by atoms with Gasteiger partial charge in [-0.3, -0.25) is 4.79 Å². The summed E-state index contributed by atoms with van der Waals surface area (Å²) in [6.07, 6.45) is -14.7. The molecule has 1 aromatic heterocycles. The molecule has 1 aliphatic rings. The Bertz CT molecular complexity index is 1300. The third kappa shape index (κ3) is 8.38. The topological polar surface area (TPSA) is 96.4 Å². The predicted molar refractivity (Wildman–Crippen MR) is 131 cm³/mol. The number of amides is 1. The molecular formula is C25H26F9N5O3. The summed E-state index contributed by atoms with van der Waals surface area (Å²) in [6.45, 7) is 1.53. The molecule has 232 valence electrons. The van der Waals surface area contributed by atoms with Crippen molar-refractivity contribution in [1.82, 2.24) is 15.3 Å². The normalized spacial score (nSPS) is 17.9. The summed E-state index contributed by atoms with van der Waals surface area (Å²) >= 11 is 0. The first-order valence-corrected chi connectivity index (χ1v) is 12.4. The molecule has 42 heavy (non-hydrogen) atoms. The Hall–Kier alpha value is -3.79. The van der Waals surface area contributed by atoms with Crippen molar-refractivity contribution in [2.24, 2.45) is 5.92 Å². The number of halogens is 9. The Labute approximate surface area is 233 Å². The minimum absolute atomic E-state index is 0.0209. The second kappa shape index (κ2) is 12.2. The molecular weight excluding hydrogens is 589 g/mol. The van der Waals surface area contributed by atoms with Gasteiger partial charge in [-0.1, -0.05) is 0 Å². The van der Waals surface area contributed by atoms with E-state index in [1.165, 1.54) is 0 Å². The molecule has 3 rings (SSSR count). The third-order valence-corrected chi connectivity index (χ3v) is 6.43. The number of alkyl halides is 9. The van der Waals surface area contributed by atoms with Crippen molar-refractivity contribution in [3.05, 3.63) is 40.7 Å². The molecule has 8 nitrogen and oxygen atoms in total. The van der Waals surface area contributed by atoms with Crippen LogP contribution in [-0.2, 0) is 17.1 Å². The van der Waals surface area contributed by atoms with Gasteiger partial charge in [0.2, 0.25) is 0 Å². The summed E-state index contributed by atoms with van der Waals surface area (Å²) in [5, 5.41) is 5.47. The van der Waals surface area contributed by atoms with E-state index in [1.54, 1.807) is 17.9 Å². The summed E-state index contributed by atoms with van der Waals surface area (Å²) in [5.41, 5.74) is -5.83. The third-order valence-electron chi connectivity index (χ3n) is 6.43. The second-order valence-electron chi connectivity index (χ2n) is 9.91. The maximum Gasteiger partial charge on any atom is 0.491 e. The highest BCUT2D eigenvalue weighted by Gasteiger charge is 2.46. The number of rotatable bonds is 7. The van der Waals surface area contributed by atoms with Crippen molar-refractivity contribution in [2.75, 3.05) is 30.9 Å². The van der Waals surface area contributed by atoms with Gasteiger partial charge in [-0.15, -0.1) is 0 Å². The van der Waals surface area contributed by atoms with E-state index < -0.39 is 58.9 Å². The first kappa shape index (κ1) is 32.7. The number of aromatic nitrogens is 2. The van der Waals surface area contributed by atoms with E-state index in [-0.39, 0.29) is 24.6 Å². The zero-order chi connectivity index (χ0) is 31.6. The van der Waals surface area contributed by atoms with Crippen LogP contribution in [0.4, 0.5) is 51.1 Å². The molecule has 1 aromatic carbocycles. The van der Waals surface area contributed by atoms with E-state index in [4.69, 9.17) is 0 Å². The highest BCUT2D eigenvalue weighted by atomic mass is 19.4. The van der Waals surface area contributed by atoms with Crippen molar-refractivity contribution in [2.45, 2.75) is 57.2 Å². The zero-order valence-corrected chi connectivity index (χ0v) is 22.4. The second-order valence-corrected chi connectivity index (χ2v) is 9.91. The molecule has 0 spiro atoms. The van der Waals surface area contributed by atoms with Gasteiger partial charge in [0.05, 0.1) is 16.7 Å². The summed E-state index contributed by atoms with van der Waals surface area (Å²) in [6, 6.07) is 1.13. The predicted octanol–water partition coefficient (Wildman–Crippen LogP) is 5.76. The van der Waals surface area contributed by atoms with E-state index >= 15 is 0 Å². The fourth-order valence-corrected chi connectivity index (χ4v) is 4.34. The van der Waals surface area contributed by atoms with Gasteiger partial charge in [0.1, 0.15) is 17.5 Å². The molecule has 2 aromatic rings. The maximum absolute atomic E-state index is 13.6. The molecule has 1 fully saturated rings. The first-order valence-electron chi connectivity index (χ1n) is 12.4. The van der Waals surface area contributed by atoms with Crippen LogP contribution in [0.1, 0.15) is 53.0 Å². The standard InChI is InChI=1S/C25H26F9N5O3/c1-12-36-18(10-19(37-12)39(2)3)38-15-6-4-13(5-7-15)11-35-21(40)16-8-14(23(26,27)28)9-17(24(29,30)31)20(16)42-22(41)25(32,33)34/h8-10,13,15H,4-7,11H2,1-3H3,(H,35,40)(H,36,37,38). The molecule has 0 atom stereocenters. The molecule has 1 aliphatic carbocycles. The number of ether oxygens (including phenoxy) is 1. The number of anilines is 2. The highest BCUT2D eigenvalue weighted by molar-refractivity contribution is 5.98. The number of hydrogen-bond donors (Lipinski definition) is 2. The van der Waals surface area contributed by atoms with Gasteiger partial charge in [-0.05, 0) is 50.7 Å². The summed E-state index contributed by atoms with van der Waals surface area (Å²) in [7, 11) is 3.63. The van der Waals surface area contributed by atoms with Gasteiger partial charge in [0, 0.05) is 32.7 Å². The number of nitrogens with one attached hydrogen (secondary N) is 2. The quantitative estimate of drug-likeness (QED) is 0.233. The Morgan fingerprint density at radius 2 is 1.55 bits per heavy atom. The Morgan fingerprint density at radius 1 is 0.929 bits per heavy atom. The van der Waals surface area contributed by atoms with Crippen LogP contribution in [0.15, 0.2) is 18.2 Å². The number of carbonyl (C=O) groups is 2. The lowest BCUT2D eigenvalue weighted by atomic mass is 9.86. The van der Waals surface area contributed by atoms with Crippen LogP contribution in [-0.4, -0.2) is 54.7 Å². The highest BCUT2D eigenvalue weighted by Crippen LogP contribution is 2.43. The molecule has 1 saturated carbocycles. The molecule has 17 heteroatoms. The SMILES string of the molecule is Cc1nc(NC2CCC(CNC(=O)c3cc(C(F)(F)F)cc(C(F)(F)F)c3OC(=O)C(F)(F)F)CC2)cc(N(C)C)n1. The zero-order valence-electron chi connectivity index (χ0n) is 22.4. The van der Waals surface area contributed by atoms with E-state index in [9.17, 15) is 49.1 Å². The number of aryl methyl sites for hydroxylation is 1. The van der Waals surface area contributed by atoms with E-state index in [1.807, 2.05) is 14.1 Å². The summed E-state index contributed by atoms with van der Waals surface area (Å²) in [4.78, 5) is 34.5. The number of carbonyl (C=O) groups excluding carboxylic acids is 2. The molecule has 1 heterocycles. The Morgan fingerprint density at radius 3 is 2.07 bits per heavy atom. The lowest BCUT2D eigenvalue weighted by Crippen LogP contribution is -2.35. The van der Waals surface area contributed by atoms with Gasteiger partial charge in [0.15, 0.2) is 5.75 Å². The minimum atomic E-state index is -5.79. The monoisotopic (exact) mass is 615 g/mol. The molecule has 0 unspecified atom stereocenters. The van der Waals surface area contributed by atoms with Crippen molar-refractivity contribution in [3.63, 3.8) is 0 Å². The van der Waals surface area contributed by atoms with Crippen LogP contribution in [0.25, 0.3) is 0 Å². The van der Waals surface area contributed by atoms with Gasteiger partial charge < -0.3 is 20.3 Å². The average molecular weight is 615 g/mol. The minimum Gasteiger partial charge on any atom is -0.418 e. The van der Waals surface area contributed by atoms with Crippen molar-refractivity contribution in [3.8, 4) is 5.75 Å². The lowest BCUT2D eigenvalue weighted by Gasteiger charge is -2.30. The van der Waals surface area contributed by atoms with Crippen molar-refractivity contribution < 1.29 is 53.8 Å². The fraction of sp³-hybridized carbons (Fsp3) is 0.520. The largest absolute Gasteiger partial charge is 0.491 e. The van der Waals surface area contributed by atoms with Crippen LogP contribution in [0.2, 0.25) is 0 Å². The molecule has 2 N–H and O–H groups in total. The maximum atomic E-state index is 13.6. The van der Waals surface area contributed by atoms with Gasteiger partial charge in [0.25, 0.3) is 5.91 Å². The summed E-state index contributed by atoms with van der Waals surface area (Å²) < 4.78 is 123. The van der Waals surface area contributed by atoms with Crippen LogP contribution in [0.3, 0.4) is 0 Å². The van der Waals surface area contributed by atoms with Gasteiger partial charge in [-0.25, -0.2) is 14.8 Å². The van der Waals surface area contributed by atoms with E-state index in [0.29, 0.717) is 43.1 Å². The van der Waals surface area contributed by atoms with E-state index in [0.717, 1.165) is 0 Å². The Kier molecular flexibility index (Phi) is 9.51. The number of hydrogen-bond acceptors (Lipinski definition) is 7. The molecule has 0 saturated heterocycles. The number of esters is 1. The van der Waals surface area contributed by atoms with Gasteiger partial charge >= 0.3 is 24.5 Å². The van der Waals surface area contributed by atoms with Crippen LogP contribution in [0, 0.1) is 12.8 Å². The van der Waals surface area contributed by atoms with Crippen LogP contribution in [0.5, 0.6) is 5.75 Å². The van der Waals surface area contributed by atoms with E-state index in [2.05, 4.69) is 25.3 Å². The lowest BCUT2D eigenvalue weighted by molar-refractivity contribution is -0.190. The van der Waals surface area contributed by atoms with Crippen molar-refractivity contribution >= 4 is 23.5 Å². The molecule has 0 aliphatic heterocycles. The molecule has 0 radical (unpaired) electrons. The smallest absolute Gasteiger partial charge is 0.418 e. The number of benzene rings is 1.